The first-order valence-electron chi connectivity index (χ1n) is 4.93. The van der Waals surface area contributed by atoms with Crippen molar-refractivity contribution in [2.24, 2.45) is 7.05 Å². The Morgan fingerprint density at radius 3 is 3.07 bits per heavy atom. The van der Waals surface area contributed by atoms with Crippen molar-refractivity contribution in [3.63, 3.8) is 0 Å². The van der Waals surface area contributed by atoms with Gasteiger partial charge in [-0.3, -0.25) is 4.79 Å². The molecule has 15 heavy (non-hydrogen) atoms. The van der Waals surface area contributed by atoms with Gasteiger partial charge < -0.3 is 14.6 Å². The van der Waals surface area contributed by atoms with Crippen molar-refractivity contribution in [2.75, 3.05) is 19.7 Å². The molecule has 0 aromatic carbocycles. The molecule has 6 heteroatoms. The van der Waals surface area contributed by atoms with Gasteiger partial charge in [-0.05, 0) is 6.92 Å². The molecular formula is C9H16N4O2. The fraction of sp³-hybridized carbons (Fsp3) is 0.667. The molecule has 1 heterocycles. The Labute approximate surface area is 88.6 Å². The predicted octanol–water partition coefficient (Wildman–Crippen LogP) is -0.490. The van der Waals surface area contributed by atoms with Crippen molar-refractivity contribution in [3.8, 4) is 0 Å². The summed E-state index contributed by atoms with van der Waals surface area (Å²) in [6.45, 7) is 3.14. The van der Waals surface area contributed by atoms with Crippen LogP contribution in [0.3, 0.4) is 0 Å². The third-order valence-electron chi connectivity index (χ3n) is 1.91. The van der Waals surface area contributed by atoms with E-state index < -0.39 is 0 Å². The Bertz CT molecular complexity index is 311. The molecule has 0 aliphatic rings. The maximum absolute atomic E-state index is 11.0. The van der Waals surface area contributed by atoms with Crippen molar-refractivity contribution in [1.82, 2.24) is 20.1 Å². The predicted molar refractivity (Wildman–Crippen MR) is 54.2 cm³/mol. The number of esters is 1. The van der Waals surface area contributed by atoms with Crippen molar-refractivity contribution >= 4 is 5.97 Å². The van der Waals surface area contributed by atoms with Gasteiger partial charge in [0, 0.05) is 20.0 Å². The van der Waals surface area contributed by atoms with Gasteiger partial charge in [0.25, 0.3) is 0 Å². The van der Waals surface area contributed by atoms with E-state index in [1.807, 2.05) is 11.6 Å². The highest BCUT2D eigenvalue weighted by Gasteiger charge is 2.02. The van der Waals surface area contributed by atoms with Crippen LogP contribution in [0, 0.1) is 0 Å². The third-order valence-corrected chi connectivity index (χ3v) is 1.91. The van der Waals surface area contributed by atoms with E-state index in [1.54, 1.807) is 13.3 Å². The number of aryl methyl sites for hydroxylation is 1. The lowest BCUT2D eigenvalue weighted by molar-refractivity contribution is -0.141. The second-order valence-corrected chi connectivity index (χ2v) is 3.09. The number of ether oxygens (including phenoxy) is 1. The van der Waals surface area contributed by atoms with Gasteiger partial charge in [-0.15, -0.1) is 10.2 Å². The lowest BCUT2D eigenvalue weighted by Gasteiger charge is -2.03. The van der Waals surface area contributed by atoms with Crippen LogP contribution in [0.4, 0.5) is 0 Å². The molecule has 84 valence electrons. The van der Waals surface area contributed by atoms with E-state index in [4.69, 9.17) is 4.74 Å². The summed E-state index contributed by atoms with van der Waals surface area (Å²) in [6.07, 6.45) is 2.40. The fourth-order valence-electron chi connectivity index (χ4n) is 1.14. The van der Waals surface area contributed by atoms with Crippen LogP contribution in [0.1, 0.15) is 12.7 Å². The maximum atomic E-state index is 11.0. The Morgan fingerprint density at radius 1 is 1.67 bits per heavy atom. The molecule has 0 saturated heterocycles. The average molecular weight is 212 g/mol. The Kier molecular flexibility index (Phi) is 4.76. The number of aromatic nitrogens is 3. The van der Waals surface area contributed by atoms with Crippen LogP contribution in [0.5, 0.6) is 0 Å². The molecule has 0 atom stereocenters. The number of rotatable bonds is 6. The van der Waals surface area contributed by atoms with Crippen LogP contribution in [0.15, 0.2) is 6.33 Å². The van der Waals surface area contributed by atoms with E-state index in [2.05, 4.69) is 15.5 Å². The van der Waals surface area contributed by atoms with Crippen molar-refractivity contribution in [1.29, 1.82) is 0 Å². The molecule has 1 aromatic rings. The second-order valence-electron chi connectivity index (χ2n) is 3.09. The van der Waals surface area contributed by atoms with Crippen LogP contribution >= 0.6 is 0 Å². The van der Waals surface area contributed by atoms with E-state index >= 15 is 0 Å². The van der Waals surface area contributed by atoms with Gasteiger partial charge in [0.05, 0.1) is 13.2 Å². The van der Waals surface area contributed by atoms with Gasteiger partial charge in [0.2, 0.25) is 0 Å². The summed E-state index contributed by atoms with van der Waals surface area (Å²) < 4.78 is 6.62. The molecule has 0 aliphatic carbocycles. The molecule has 0 saturated carbocycles. The minimum absolute atomic E-state index is 0.226. The number of nitrogens with one attached hydrogen (secondary N) is 1. The lowest BCUT2D eigenvalue weighted by Crippen LogP contribution is -2.27. The maximum Gasteiger partial charge on any atom is 0.319 e. The highest BCUT2D eigenvalue weighted by Crippen LogP contribution is 1.90. The van der Waals surface area contributed by atoms with E-state index in [0.717, 1.165) is 12.2 Å². The van der Waals surface area contributed by atoms with Crippen LogP contribution in [-0.4, -0.2) is 40.4 Å². The van der Waals surface area contributed by atoms with Gasteiger partial charge in [-0.25, -0.2) is 0 Å². The summed E-state index contributed by atoms with van der Waals surface area (Å²) in [5, 5.41) is 10.7. The van der Waals surface area contributed by atoms with Crippen molar-refractivity contribution in [3.05, 3.63) is 12.2 Å². The van der Waals surface area contributed by atoms with Crippen molar-refractivity contribution < 1.29 is 9.53 Å². The second kappa shape index (κ2) is 6.13. The monoisotopic (exact) mass is 212 g/mol. The third kappa shape index (κ3) is 4.07. The number of hydrogen-bond acceptors (Lipinski definition) is 5. The molecule has 0 unspecified atom stereocenters. The zero-order valence-corrected chi connectivity index (χ0v) is 9.06. The van der Waals surface area contributed by atoms with Crippen LogP contribution in [0.25, 0.3) is 0 Å². The fourth-order valence-corrected chi connectivity index (χ4v) is 1.14. The van der Waals surface area contributed by atoms with Crippen LogP contribution in [-0.2, 0) is 23.0 Å². The molecule has 1 aromatic heterocycles. The molecule has 0 radical (unpaired) electrons. The van der Waals surface area contributed by atoms with E-state index in [9.17, 15) is 4.79 Å². The van der Waals surface area contributed by atoms with E-state index in [0.29, 0.717) is 13.2 Å². The van der Waals surface area contributed by atoms with Crippen LogP contribution in [0.2, 0.25) is 0 Å². The standard InChI is InChI=1S/C9H16N4O2/c1-3-15-9(14)6-10-5-4-8-12-11-7-13(8)2/h7,10H,3-6H2,1-2H3. The zero-order valence-electron chi connectivity index (χ0n) is 9.06. The molecule has 0 amide bonds. The molecule has 0 spiro atoms. The highest BCUT2D eigenvalue weighted by molar-refractivity contribution is 5.71. The number of hydrogen-bond donors (Lipinski definition) is 1. The molecule has 6 nitrogen and oxygen atoms in total. The quantitative estimate of drug-likeness (QED) is 0.509. The Morgan fingerprint density at radius 2 is 2.47 bits per heavy atom. The summed E-state index contributed by atoms with van der Waals surface area (Å²) in [4.78, 5) is 11.0. The first kappa shape index (κ1) is 11.6. The molecule has 1 N–H and O–H groups in total. The van der Waals surface area contributed by atoms with E-state index in [-0.39, 0.29) is 12.5 Å². The zero-order chi connectivity index (χ0) is 11.1. The molecule has 0 bridgehead atoms. The van der Waals surface area contributed by atoms with Gasteiger partial charge in [-0.1, -0.05) is 0 Å². The minimum atomic E-state index is -0.226. The van der Waals surface area contributed by atoms with Crippen molar-refractivity contribution in [2.45, 2.75) is 13.3 Å². The Balaban J connectivity index is 2.12. The molecule has 0 aliphatic heterocycles. The van der Waals surface area contributed by atoms with Crippen LogP contribution < -0.4 is 5.32 Å². The number of nitrogens with zero attached hydrogens (tertiary/aromatic N) is 3. The number of carbonyl (C=O) groups excluding carboxylic acids is 1. The SMILES string of the molecule is CCOC(=O)CNCCc1nncn1C. The van der Waals surface area contributed by atoms with Gasteiger partial charge >= 0.3 is 5.97 Å². The normalized spacial score (nSPS) is 10.3. The summed E-state index contributed by atoms with van der Waals surface area (Å²) in [7, 11) is 1.89. The summed E-state index contributed by atoms with van der Waals surface area (Å²) in [5.74, 6) is 0.668. The molecule has 1 rings (SSSR count). The Hall–Kier alpha value is -1.43. The average Bonchev–Trinajstić information content (AvgIpc) is 2.60. The first-order chi connectivity index (χ1) is 7.24. The van der Waals surface area contributed by atoms with Gasteiger partial charge in [0.1, 0.15) is 12.2 Å². The summed E-state index contributed by atoms with van der Waals surface area (Å²) >= 11 is 0. The first-order valence-corrected chi connectivity index (χ1v) is 4.93. The van der Waals surface area contributed by atoms with E-state index in [1.165, 1.54) is 0 Å². The summed E-state index contributed by atoms with van der Waals surface area (Å²) in [5.41, 5.74) is 0. The van der Waals surface area contributed by atoms with Gasteiger partial charge in [0.15, 0.2) is 0 Å². The number of carbonyl (C=O) groups is 1. The van der Waals surface area contributed by atoms with Gasteiger partial charge in [-0.2, -0.15) is 0 Å². The molecule has 0 fully saturated rings. The highest BCUT2D eigenvalue weighted by atomic mass is 16.5. The minimum Gasteiger partial charge on any atom is -0.465 e. The largest absolute Gasteiger partial charge is 0.465 e. The smallest absolute Gasteiger partial charge is 0.319 e. The topological polar surface area (TPSA) is 69.0 Å². The molecular weight excluding hydrogens is 196 g/mol. The lowest BCUT2D eigenvalue weighted by atomic mass is 10.4. The summed E-state index contributed by atoms with van der Waals surface area (Å²) in [6, 6.07) is 0.